The van der Waals surface area contributed by atoms with E-state index < -0.39 is 0 Å². The summed E-state index contributed by atoms with van der Waals surface area (Å²) in [6.07, 6.45) is 3.00. The van der Waals surface area contributed by atoms with Gasteiger partial charge in [-0.25, -0.2) is 0 Å². The highest BCUT2D eigenvalue weighted by molar-refractivity contribution is 5.80. The van der Waals surface area contributed by atoms with Crippen LogP contribution in [0.25, 0.3) is 0 Å². The molecule has 2 fully saturated rings. The summed E-state index contributed by atoms with van der Waals surface area (Å²) in [4.78, 5) is 20.9. The van der Waals surface area contributed by atoms with Crippen LogP contribution >= 0.6 is 0 Å². The molecule has 3 rings (SSSR count). The molecule has 7 nitrogen and oxygen atoms in total. The minimum Gasteiger partial charge on any atom is -0.340 e. The van der Waals surface area contributed by atoms with Crippen LogP contribution in [0.15, 0.2) is 4.52 Å². The summed E-state index contributed by atoms with van der Waals surface area (Å²) in [7, 11) is 0. The van der Waals surface area contributed by atoms with E-state index in [4.69, 9.17) is 10.3 Å². The molecule has 2 heterocycles. The predicted molar refractivity (Wildman–Crippen MR) is 76.2 cm³/mol. The second-order valence-electron chi connectivity index (χ2n) is 6.04. The van der Waals surface area contributed by atoms with Gasteiger partial charge in [0.15, 0.2) is 5.82 Å². The second kappa shape index (κ2) is 6.11. The van der Waals surface area contributed by atoms with Crippen LogP contribution in [0.4, 0.5) is 0 Å². The Bertz CT molecular complexity index is 495. The van der Waals surface area contributed by atoms with Crippen molar-refractivity contribution in [3.05, 3.63) is 11.7 Å². The molecule has 1 saturated heterocycles. The van der Waals surface area contributed by atoms with Crippen LogP contribution in [0.2, 0.25) is 0 Å². The molecule has 116 valence electrons. The first-order chi connectivity index (χ1) is 10.1. The van der Waals surface area contributed by atoms with Gasteiger partial charge in [-0.15, -0.1) is 0 Å². The van der Waals surface area contributed by atoms with E-state index in [0.29, 0.717) is 18.3 Å². The van der Waals surface area contributed by atoms with E-state index >= 15 is 0 Å². The molecule has 1 saturated carbocycles. The van der Waals surface area contributed by atoms with Crippen molar-refractivity contribution in [2.24, 2.45) is 11.7 Å². The third-order valence-corrected chi connectivity index (χ3v) is 4.50. The van der Waals surface area contributed by atoms with Crippen molar-refractivity contribution in [3.8, 4) is 0 Å². The molecule has 1 amide bonds. The zero-order valence-electron chi connectivity index (χ0n) is 12.5. The molecule has 21 heavy (non-hydrogen) atoms. The minimum absolute atomic E-state index is 0.0372. The Morgan fingerprint density at radius 2 is 2.10 bits per heavy atom. The number of piperazine rings is 1. The van der Waals surface area contributed by atoms with E-state index in [0.717, 1.165) is 45.4 Å². The first-order valence-corrected chi connectivity index (χ1v) is 7.69. The zero-order chi connectivity index (χ0) is 14.8. The molecule has 1 aliphatic heterocycles. The summed E-state index contributed by atoms with van der Waals surface area (Å²) in [5.41, 5.74) is 6.03. The van der Waals surface area contributed by atoms with Crippen LogP contribution in [0, 0.1) is 12.8 Å². The average molecular weight is 293 g/mol. The number of carbonyl (C=O) groups is 1. The van der Waals surface area contributed by atoms with Gasteiger partial charge in [-0.1, -0.05) is 11.6 Å². The van der Waals surface area contributed by atoms with Crippen molar-refractivity contribution in [2.45, 2.75) is 38.8 Å². The molecule has 1 aromatic heterocycles. The number of rotatable bonds is 3. The maximum Gasteiger partial charge on any atom is 0.240 e. The lowest BCUT2D eigenvalue weighted by atomic mass is 10.0. The highest BCUT2D eigenvalue weighted by Crippen LogP contribution is 2.26. The first kappa shape index (κ1) is 14.5. The van der Waals surface area contributed by atoms with E-state index in [2.05, 4.69) is 15.0 Å². The Kier molecular flexibility index (Phi) is 4.21. The lowest BCUT2D eigenvalue weighted by Gasteiger charge is -2.35. The van der Waals surface area contributed by atoms with E-state index in [1.165, 1.54) is 0 Å². The standard InChI is InChI=1S/C14H23N5O2/c1-10-16-13(21-17-10)9-18-5-7-19(8-6-18)14(20)11-3-2-4-12(11)15/h11-12H,2-9,15H2,1H3/t11-,12+/m1/s1. The Hall–Kier alpha value is -1.47. The number of amides is 1. The Morgan fingerprint density at radius 3 is 2.67 bits per heavy atom. The van der Waals surface area contributed by atoms with Gasteiger partial charge in [-0.05, 0) is 19.8 Å². The molecule has 0 aromatic carbocycles. The highest BCUT2D eigenvalue weighted by Gasteiger charge is 2.34. The summed E-state index contributed by atoms with van der Waals surface area (Å²) >= 11 is 0. The van der Waals surface area contributed by atoms with Crippen LogP contribution in [0.5, 0.6) is 0 Å². The van der Waals surface area contributed by atoms with E-state index in [-0.39, 0.29) is 17.9 Å². The highest BCUT2D eigenvalue weighted by atomic mass is 16.5. The van der Waals surface area contributed by atoms with Crippen molar-refractivity contribution in [2.75, 3.05) is 26.2 Å². The van der Waals surface area contributed by atoms with E-state index in [1.807, 2.05) is 11.8 Å². The van der Waals surface area contributed by atoms with Gasteiger partial charge in [-0.3, -0.25) is 9.69 Å². The summed E-state index contributed by atoms with van der Waals surface area (Å²) in [6.45, 7) is 5.68. The number of hydrogen-bond donors (Lipinski definition) is 1. The van der Waals surface area contributed by atoms with Crippen molar-refractivity contribution in [1.29, 1.82) is 0 Å². The summed E-state index contributed by atoms with van der Waals surface area (Å²) < 4.78 is 5.14. The molecule has 2 aliphatic rings. The fourth-order valence-corrected chi connectivity index (χ4v) is 3.25. The molecule has 0 unspecified atom stereocenters. The van der Waals surface area contributed by atoms with Crippen LogP contribution in [-0.2, 0) is 11.3 Å². The largest absolute Gasteiger partial charge is 0.340 e. The third kappa shape index (κ3) is 3.24. The summed E-state index contributed by atoms with van der Waals surface area (Å²) in [6, 6.07) is 0.0527. The lowest BCUT2D eigenvalue weighted by Crippen LogP contribution is -2.51. The fourth-order valence-electron chi connectivity index (χ4n) is 3.25. The van der Waals surface area contributed by atoms with Gasteiger partial charge < -0.3 is 15.2 Å². The number of aromatic nitrogens is 2. The molecule has 7 heteroatoms. The molecular weight excluding hydrogens is 270 g/mol. The van der Waals surface area contributed by atoms with E-state index in [9.17, 15) is 4.79 Å². The predicted octanol–water partition coefficient (Wildman–Crippen LogP) is 0.150. The number of hydrogen-bond acceptors (Lipinski definition) is 6. The summed E-state index contributed by atoms with van der Waals surface area (Å²) in [5.74, 6) is 1.59. The molecule has 1 aromatic rings. The van der Waals surface area contributed by atoms with Crippen molar-refractivity contribution >= 4 is 5.91 Å². The second-order valence-corrected chi connectivity index (χ2v) is 6.04. The van der Waals surface area contributed by atoms with E-state index in [1.54, 1.807) is 0 Å². The molecule has 2 atom stereocenters. The van der Waals surface area contributed by atoms with Crippen LogP contribution < -0.4 is 5.73 Å². The SMILES string of the molecule is Cc1noc(CN2CCN(C(=O)[C@@H]3CCC[C@@H]3N)CC2)n1. The fraction of sp³-hybridized carbons (Fsp3) is 0.786. The van der Waals surface area contributed by atoms with Gasteiger partial charge in [0, 0.05) is 32.2 Å². The van der Waals surface area contributed by atoms with Crippen molar-refractivity contribution in [1.82, 2.24) is 19.9 Å². The smallest absolute Gasteiger partial charge is 0.240 e. The molecule has 0 bridgehead atoms. The number of carbonyl (C=O) groups excluding carboxylic acids is 1. The van der Waals surface area contributed by atoms with Crippen LogP contribution in [-0.4, -0.2) is 58.1 Å². The number of nitrogens with zero attached hydrogens (tertiary/aromatic N) is 4. The normalized spacial score (nSPS) is 27.2. The molecule has 0 radical (unpaired) electrons. The molecular formula is C14H23N5O2. The lowest BCUT2D eigenvalue weighted by molar-refractivity contribution is -0.137. The van der Waals surface area contributed by atoms with Crippen molar-refractivity contribution < 1.29 is 9.32 Å². The monoisotopic (exact) mass is 293 g/mol. The minimum atomic E-state index is 0.0372. The van der Waals surface area contributed by atoms with Crippen LogP contribution in [0.3, 0.4) is 0 Å². The van der Waals surface area contributed by atoms with Gasteiger partial charge in [0.05, 0.1) is 12.5 Å². The van der Waals surface area contributed by atoms with Gasteiger partial charge in [0.1, 0.15) is 0 Å². The number of nitrogens with two attached hydrogens (primary N) is 1. The Balaban J connectivity index is 1.49. The van der Waals surface area contributed by atoms with Crippen LogP contribution in [0.1, 0.15) is 31.0 Å². The Labute approximate surface area is 124 Å². The zero-order valence-corrected chi connectivity index (χ0v) is 12.5. The van der Waals surface area contributed by atoms with Gasteiger partial charge in [0.2, 0.25) is 11.8 Å². The summed E-state index contributed by atoms with van der Waals surface area (Å²) in [5, 5.41) is 3.79. The quantitative estimate of drug-likeness (QED) is 0.853. The van der Waals surface area contributed by atoms with Gasteiger partial charge in [0.25, 0.3) is 0 Å². The van der Waals surface area contributed by atoms with Crippen molar-refractivity contribution in [3.63, 3.8) is 0 Å². The topological polar surface area (TPSA) is 88.5 Å². The van der Waals surface area contributed by atoms with Gasteiger partial charge >= 0.3 is 0 Å². The average Bonchev–Trinajstić information content (AvgIpc) is 3.08. The number of aryl methyl sites for hydroxylation is 1. The first-order valence-electron chi connectivity index (χ1n) is 7.69. The van der Waals surface area contributed by atoms with Gasteiger partial charge in [-0.2, -0.15) is 4.98 Å². The Morgan fingerprint density at radius 1 is 1.33 bits per heavy atom. The third-order valence-electron chi connectivity index (χ3n) is 4.50. The molecule has 0 spiro atoms. The molecule has 2 N–H and O–H groups in total. The maximum absolute atomic E-state index is 12.5. The maximum atomic E-state index is 12.5. The molecule has 1 aliphatic carbocycles.